The first-order valence-electron chi connectivity index (χ1n) is 8.74. The third kappa shape index (κ3) is 4.03. The molecule has 0 saturated carbocycles. The van der Waals surface area contributed by atoms with Crippen LogP contribution >= 0.6 is 0 Å². The van der Waals surface area contributed by atoms with Crippen molar-refractivity contribution in [3.05, 3.63) is 29.8 Å². The Labute approximate surface area is 151 Å². The summed E-state index contributed by atoms with van der Waals surface area (Å²) in [5, 5.41) is 3.39. The average Bonchev–Trinajstić information content (AvgIpc) is 2.65. The van der Waals surface area contributed by atoms with E-state index in [1.807, 2.05) is 31.2 Å². The van der Waals surface area contributed by atoms with Gasteiger partial charge >= 0.3 is 0 Å². The molecule has 1 N–H and O–H groups in total. The predicted octanol–water partition coefficient (Wildman–Crippen LogP) is 3.15. The molecular formula is C19H23F2N3O2. The first-order valence-corrected chi connectivity index (χ1v) is 8.74. The average molecular weight is 363 g/mol. The number of hydrogen-bond acceptors (Lipinski definition) is 4. The van der Waals surface area contributed by atoms with E-state index in [4.69, 9.17) is 9.72 Å². The normalized spacial score (nSPS) is 15.5. The van der Waals surface area contributed by atoms with Gasteiger partial charge in [-0.2, -0.15) is 0 Å². The molecular weight excluding hydrogens is 340 g/mol. The number of carbonyl (C=O) groups excluding carboxylic acids is 1. The predicted molar refractivity (Wildman–Crippen MR) is 97.0 cm³/mol. The number of alkyl halides is 2. The van der Waals surface area contributed by atoms with Crippen molar-refractivity contribution in [3.63, 3.8) is 0 Å². The van der Waals surface area contributed by atoms with E-state index < -0.39 is 13.0 Å². The number of methoxy groups -OCH3 is 1. The monoisotopic (exact) mass is 363 g/mol. The lowest BCUT2D eigenvalue weighted by Gasteiger charge is -2.32. The highest BCUT2D eigenvalue weighted by atomic mass is 19.3. The summed E-state index contributed by atoms with van der Waals surface area (Å²) in [6.07, 6.45) is -1.25. The van der Waals surface area contributed by atoms with Gasteiger partial charge in [-0.1, -0.05) is 0 Å². The summed E-state index contributed by atoms with van der Waals surface area (Å²) in [5.41, 5.74) is 2.00. The van der Waals surface area contributed by atoms with Crippen molar-refractivity contribution < 1.29 is 18.3 Å². The highest BCUT2D eigenvalue weighted by Crippen LogP contribution is 2.28. The molecule has 0 radical (unpaired) electrons. The Bertz CT molecular complexity index is 790. The zero-order valence-electron chi connectivity index (χ0n) is 15.0. The fourth-order valence-electron chi connectivity index (χ4n) is 3.35. The van der Waals surface area contributed by atoms with Crippen molar-refractivity contribution in [2.45, 2.75) is 26.2 Å². The molecule has 7 heteroatoms. The summed E-state index contributed by atoms with van der Waals surface area (Å²) in [6, 6.07) is 7.88. The van der Waals surface area contributed by atoms with Crippen LogP contribution in [0.15, 0.2) is 24.3 Å². The van der Waals surface area contributed by atoms with Crippen molar-refractivity contribution >= 4 is 22.6 Å². The van der Waals surface area contributed by atoms with Crippen LogP contribution in [0.2, 0.25) is 0 Å². The van der Waals surface area contributed by atoms with E-state index in [2.05, 4.69) is 10.2 Å². The highest BCUT2D eigenvalue weighted by Gasteiger charge is 2.26. The standard InChI is InChI=1S/C19H23F2N3O2/c1-12-9-18(23-16-10-14(26-2)3-4-15(12)16)24-7-5-13(6-8-24)19(25)22-11-17(20)21/h3-4,9-10,13,17H,5-8,11H2,1-2H3,(H,22,25). The van der Waals surface area contributed by atoms with Gasteiger partial charge in [0.25, 0.3) is 6.43 Å². The Balaban J connectivity index is 1.70. The number of hydrogen-bond donors (Lipinski definition) is 1. The van der Waals surface area contributed by atoms with Gasteiger partial charge in [0.15, 0.2) is 0 Å². The number of piperidine rings is 1. The molecule has 1 aromatic carbocycles. The number of aromatic nitrogens is 1. The molecule has 0 aliphatic carbocycles. The van der Waals surface area contributed by atoms with Crippen molar-refractivity contribution in [2.24, 2.45) is 5.92 Å². The number of nitrogens with one attached hydrogen (secondary N) is 1. The van der Waals surface area contributed by atoms with Crippen LogP contribution in [0.4, 0.5) is 14.6 Å². The Morgan fingerprint density at radius 1 is 1.35 bits per heavy atom. The van der Waals surface area contributed by atoms with Gasteiger partial charge in [0, 0.05) is 30.5 Å². The van der Waals surface area contributed by atoms with E-state index in [9.17, 15) is 13.6 Å². The number of halogens is 2. The molecule has 2 aromatic rings. The molecule has 1 saturated heterocycles. The van der Waals surface area contributed by atoms with E-state index in [-0.39, 0.29) is 11.8 Å². The number of aryl methyl sites for hydroxylation is 1. The van der Waals surface area contributed by atoms with Crippen LogP contribution in [0.1, 0.15) is 18.4 Å². The number of amides is 1. The topological polar surface area (TPSA) is 54.5 Å². The lowest BCUT2D eigenvalue weighted by molar-refractivity contribution is -0.126. The summed E-state index contributed by atoms with van der Waals surface area (Å²) >= 11 is 0. The molecule has 0 bridgehead atoms. The molecule has 1 fully saturated rings. The van der Waals surface area contributed by atoms with Gasteiger partial charge < -0.3 is 15.0 Å². The van der Waals surface area contributed by atoms with Gasteiger partial charge in [-0.15, -0.1) is 0 Å². The second kappa shape index (κ2) is 7.85. The van der Waals surface area contributed by atoms with Gasteiger partial charge in [-0.3, -0.25) is 4.79 Å². The lowest BCUT2D eigenvalue weighted by atomic mass is 9.95. The number of benzene rings is 1. The van der Waals surface area contributed by atoms with Crippen LogP contribution < -0.4 is 15.0 Å². The van der Waals surface area contributed by atoms with E-state index in [0.29, 0.717) is 25.9 Å². The number of fused-ring (bicyclic) bond motifs is 1. The molecule has 0 atom stereocenters. The van der Waals surface area contributed by atoms with Crippen LogP contribution in [0, 0.1) is 12.8 Å². The summed E-state index contributed by atoms with van der Waals surface area (Å²) in [4.78, 5) is 18.8. The number of anilines is 1. The van der Waals surface area contributed by atoms with E-state index in [0.717, 1.165) is 28.0 Å². The minimum atomic E-state index is -2.51. The van der Waals surface area contributed by atoms with Crippen LogP contribution in [0.5, 0.6) is 5.75 Å². The maximum Gasteiger partial charge on any atom is 0.255 e. The molecule has 1 aromatic heterocycles. The second-order valence-electron chi connectivity index (χ2n) is 6.58. The molecule has 0 spiro atoms. The van der Waals surface area contributed by atoms with E-state index in [1.54, 1.807) is 7.11 Å². The van der Waals surface area contributed by atoms with Crippen LogP contribution in [-0.2, 0) is 4.79 Å². The molecule has 1 amide bonds. The van der Waals surface area contributed by atoms with Crippen molar-refractivity contribution in [1.82, 2.24) is 10.3 Å². The third-order valence-corrected chi connectivity index (χ3v) is 4.83. The fraction of sp³-hybridized carbons (Fsp3) is 0.474. The van der Waals surface area contributed by atoms with Gasteiger partial charge in [0.1, 0.15) is 11.6 Å². The Morgan fingerprint density at radius 3 is 2.73 bits per heavy atom. The number of nitrogens with zero attached hydrogens (tertiary/aromatic N) is 2. The minimum absolute atomic E-state index is 0.216. The van der Waals surface area contributed by atoms with Gasteiger partial charge in [-0.05, 0) is 43.5 Å². The van der Waals surface area contributed by atoms with Crippen LogP contribution in [-0.4, -0.2) is 44.1 Å². The molecule has 2 heterocycles. The summed E-state index contributed by atoms with van der Waals surface area (Å²) < 4.78 is 29.7. The summed E-state index contributed by atoms with van der Waals surface area (Å²) in [5.74, 6) is 1.13. The van der Waals surface area contributed by atoms with E-state index in [1.165, 1.54) is 0 Å². The zero-order chi connectivity index (χ0) is 18.7. The molecule has 1 aliphatic heterocycles. The first-order chi connectivity index (χ1) is 12.5. The zero-order valence-corrected chi connectivity index (χ0v) is 15.0. The molecule has 5 nitrogen and oxygen atoms in total. The summed E-state index contributed by atoms with van der Waals surface area (Å²) in [6.45, 7) is 2.82. The van der Waals surface area contributed by atoms with Crippen molar-refractivity contribution in [2.75, 3.05) is 31.6 Å². The van der Waals surface area contributed by atoms with Crippen LogP contribution in [0.25, 0.3) is 10.9 Å². The van der Waals surface area contributed by atoms with E-state index >= 15 is 0 Å². The Kier molecular flexibility index (Phi) is 5.54. The molecule has 0 unspecified atom stereocenters. The first kappa shape index (κ1) is 18.4. The largest absolute Gasteiger partial charge is 0.497 e. The fourth-order valence-corrected chi connectivity index (χ4v) is 3.35. The maximum absolute atomic E-state index is 12.2. The van der Waals surface area contributed by atoms with Crippen molar-refractivity contribution in [3.8, 4) is 5.75 Å². The quantitative estimate of drug-likeness (QED) is 0.887. The molecule has 140 valence electrons. The number of carbonyl (C=O) groups is 1. The number of rotatable bonds is 5. The smallest absolute Gasteiger partial charge is 0.255 e. The molecule has 26 heavy (non-hydrogen) atoms. The third-order valence-electron chi connectivity index (χ3n) is 4.83. The van der Waals surface area contributed by atoms with Gasteiger partial charge in [0.2, 0.25) is 5.91 Å². The minimum Gasteiger partial charge on any atom is -0.497 e. The number of ether oxygens (including phenoxy) is 1. The SMILES string of the molecule is COc1ccc2c(C)cc(N3CCC(C(=O)NCC(F)F)CC3)nc2c1. The maximum atomic E-state index is 12.2. The highest BCUT2D eigenvalue weighted by molar-refractivity contribution is 5.85. The molecule has 3 rings (SSSR count). The number of pyridine rings is 1. The summed E-state index contributed by atoms with van der Waals surface area (Å²) in [7, 11) is 1.63. The van der Waals surface area contributed by atoms with Gasteiger partial charge in [-0.25, -0.2) is 13.8 Å². The van der Waals surface area contributed by atoms with Gasteiger partial charge in [0.05, 0.1) is 19.2 Å². The lowest BCUT2D eigenvalue weighted by Crippen LogP contribution is -2.42. The Hall–Kier alpha value is -2.44. The molecule has 1 aliphatic rings. The van der Waals surface area contributed by atoms with Crippen LogP contribution in [0.3, 0.4) is 0 Å². The Morgan fingerprint density at radius 2 is 2.08 bits per heavy atom. The second-order valence-corrected chi connectivity index (χ2v) is 6.58. The van der Waals surface area contributed by atoms with Crippen molar-refractivity contribution in [1.29, 1.82) is 0 Å².